The van der Waals surface area contributed by atoms with Gasteiger partial charge in [-0.25, -0.2) is 0 Å². The molecule has 0 unspecified atom stereocenters. The first-order valence-electron chi connectivity index (χ1n) is 29.9. The normalized spacial score (nSPS) is 13.9. The van der Waals surface area contributed by atoms with Crippen molar-refractivity contribution >= 4 is 0 Å². The Morgan fingerprint density at radius 2 is 0.375 bits per heavy atom. The molecule has 432 valence electrons. The lowest BCUT2D eigenvalue weighted by Gasteiger charge is -2.28. The molecule has 0 saturated heterocycles. The molecule has 6 aromatic rings. The highest BCUT2D eigenvalue weighted by Gasteiger charge is 2.31. The van der Waals surface area contributed by atoms with Gasteiger partial charge in [-0.2, -0.15) is 0 Å². The van der Waals surface area contributed by atoms with Gasteiger partial charge >= 0.3 is 0 Å². The van der Waals surface area contributed by atoms with Crippen molar-refractivity contribution in [1.82, 2.24) is 0 Å². The van der Waals surface area contributed by atoms with Crippen molar-refractivity contribution in [3.63, 3.8) is 0 Å². The molecule has 6 heteroatoms. The number of rotatable bonds is 8. The van der Waals surface area contributed by atoms with E-state index in [1.807, 2.05) is 0 Å². The molecule has 0 aromatic heterocycles. The molecule has 1 aliphatic rings. The van der Waals surface area contributed by atoms with Crippen molar-refractivity contribution in [1.29, 1.82) is 0 Å². The van der Waals surface area contributed by atoms with E-state index in [4.69, 9.17) is 18.9 Å². The van der Waals surface area contributed by atoms with Gasteiger partial charge in [0.2, 0.25) is 0 Å². The summed E-state index contributed by atoms with van der Waals surface area (Å²) in [7, 11) is 0. The van der Waals surface area contributed by atoms with Gasteiger partial charge in [-0.3, -0.25) is 0 Å². The number of fused-ring (bicyclic) bond motifs is 12. The molecule has 80 heavy (non-hydrogen) atoms. The second kappa shape index (κ2) is 23.2. The molecular weight excluding hydrogens is 985 g/mol. The maximum Gasteiger partial charge on any atom is 0.126 e. The number of aromatic hydroxyl groups is 2. The van der Waals surface area contributed by atoms with E-state index in [9.17, 15) is 10.2 Å². The van der Waals surface area contributed by atoms with E-state index >= 15 is 0 Å². The zero-order valence-corrected chi connectivity index (χ0v) is 53.5. The molecule has 0 aliphatic heterocycles. The van der Waals surface area contributed by atoms with Crippen LogP contribution in [0.25, 0.3) is 0 Å². The van der Waals surface area contributed by atoms with Gasteiger partial charge in [-0.15, -0.1) is 0 Å². The number of phenols is 2. The molecular formula is C74H100O6. The van der Waals surface area contributed by atoms with Crippen molar-refractivity contribution in [3.8, 4) is 34.5 Å². The number of hydrogen-bond donors (Lipinski definition) is 2. The molecule has 0 radical (unpaired) electrons. The lowest BCUT2D eigenvalue weighted by Crippen LogP contribution is -2.17. The summed E-state index contributed by atoms with van der Waals surface area (Å²) in [6.45, 7) is 51.0. The number of hydrogen-bond acceptors (Lipinski definition) is 6. The van der Waals surface area contributed by atoms with Crippen LogP contribution in [0.5, 0.6) is 34.5 Å². The van der Waals surface area contributed by atoms with E-state index in [1.54, 1.807) is 0 Å². The van der Waals surface area contributed by atoms with Crippen molar-refractivity contribution in [3.05, 3.63) is 173 Å². The van der Waals surface area contributed by atoms with Crippen LogP contribution in [-0.4, -0.2) is 36.6 Å². The fourth-order valence-corrected chi connectivity index (χ4v) is 11.3. The summed E-state index contributed by atoms with van der Waals surface area (Å²) in [5.41, 5.74) is 17.7. The number of benzene rings is 6. The minimum Gasteiger partial charge on any atom is -0.507 e. The average Bonchev–Trinajstić information content (AvgIpc) is 3.39. The van der Waals surface area contributed by atoms with E-state index in [0.717, 1.165) is 101 Å². The number of phenolic OH excluding ortho intramolecular Hbond substituents is 2. The summed E-state index contributed by atoms with van der Waals surface area (Å²) in [4.78, 5) is 0. The second-order valence-electron chi connectivity index (χ2n) is 29.1. The van der Waals surface area contributed by atoms with Crippen LogP contribution in [0.1, 0.15) is 252 Å². The molecule has 0 amide bonds. The third-order valence-corrected chi connectivity index (χ3v) is 16.1. The summed E-state index contributed by atoms with van der Waals surface area (Å²) < 4.78 is 27.5. The van der Waals surface area contributed by atoms with Gasteiger partial charge in [0, 0.05) is 38.5 Å². The largest absolute Gasteiger partial charge is 0.507 e. The quantitative estimate of drug-likeness (QED) is 0.158. The first-order valence-corrected chi connectivity index (χ1v) is 29.9. The summed E-state index contributed by atoms with van der Waals surface area (Å²) in [5, 5.41) is 25.9. The molecule has 0 heterocycles. The van der Waals surface area contributed by atoms with E-state index < -0.39 is 0 Å². The Hall–Kier alpha value is -5.88. The molecule has 0 saturated carbocycles. The van der Waals surface area contributed by atoms with Gasteiger partial charge in [0.1, 0.15) is 34.5 Å². The molecule has 0 spiro atoms. The third kappa shape index (κ3) is 13.9. The Labute approximate surface area is 484 Å². The van der Waals surface area contributed by atoms with Crippen molar-refractivity contribution < 1.29 is 29.2 Å². The van der Waals surface area contributed by atoms with Crippen LogP contribution in [0.2, 0.25) is 0 Å². The average molecular weight is 1090 g/mol. The Morgan fingerprint density at radius 3 is 0.500 bits per heavy atom. The molecule has 7 rings (SSSR count). The summed E-state index contributed by atoms with van der Waals surface area (Å²) in [5.74, 6) is 3.96. The van der Waals surface area contributed by atoms with Crippen LogP contribution >= 0.6 is 0 Å². The monoisotopic (exact) mass is 1080 g/mol. The van der Waals surface area contributed by atoms with E-state index in [0.29, 0.717) is 76.5 Å². The van der Waals surface area contributed by atoms with Crippen LogP contribution < -0.4 is 18.9 Å². The predicted molar refractivity (Wildman–Crippen MR) is 336 cm³/mol. The molecule has 6 aromatic carbocycles. The Balaban J connectivity index is 1.66. The van der Waals surface area contributed by atoms with Crippen molar-refractivity contribution in [2.45, 2.75) is 223 Å². The predicted octanol–water partition coefficient (Wildman–Crippen LogP) is 18.3. The Kier molecular flexibility index (Phi) is 17.9. The van der Waals surface area contributed by atoms with Gasteiger partial charge in [0.05, 0.1) is 26.4 Å². The molecule has 6 nitrogen and oxygen atoms in total. The van der Waals surface area contributed by atoms with Crippen LogP contribution in [0.3, 0.4) is 0 Å². The highest BCUT2D eigenvalue weighted by molar-refractivity contribution is 5.61. The molecule has 0 fully saturated rings. The number of ether oxygens (including phenoxy) is 4. The van der Waals surface area contributed by atoms with Gasteiger partial charge in [-0.05, 0) is 160 Å². The lowest BCUT2D eigenvalue weighted by atomic mass is 9.79. The van der Waals surface area contributed by atoms with Gasteiger partial charge in [0.25, 0.3) is 0 Å². The molecule has 2 N–H and O–H groups in total. The zero-order chi connectivity index (χ0) is 59.2. The Bertz CT molecular complexity index is 2810. The molecule has 12 bridgehead atoms. The SMILES string of the molecule is CCOc1c2cc(C(C)(C)C)cc1Cc1cc(C(C)(C)C)cc(c1OCC)Cc1cc(C(C)(C)C)cc(c1O)Cc1cc(C(C)(C)C)cc(c1OCC)Cc1cc(C(C)(C)C)cc(c1OCC)Cc1cc(C(C)(C)C)cc(c1O)C2. The van der Waals surface area contributed by atoms with Gasteiger partial charge in [0.15, 0.2) is 0 Å². The fraction of sp³-hybridized carbons (Fsp3) is 0.514. The minimum atomic E-state index is -0.218. The lowest BCUT2D eigenvalue weighted by molar-refractivity contribution is 0.329. The van der Waals surface area contributed by atoms with Gasteiger partial charge < -0.3 is 29.2 Å². The highest BCUT2D eigenvalue weighted by Crippen LogP contribution is 2.46. The fourth-order valence-electron chi connectivity index (χ4n) is 11.3. The zero-order valence-electron chi connectivity index (χ0n) is 53.5. The van der Waals surface area contributed by atoms with Gasteiger partial charge in [-0.1, -0.05) is 197 Å². The van der Waals surface area contributed by atoms with E-state index in [2.05, 4.69) is 225 Å². The van der Waals surface area contributed by atoms with Crippen LogP contribution in [-0.2, 0) is 71.0 Å². The summed E-state index contributed by atoms with van der Waals surface area (Å²) in [6, 6.07) is 27.5. The maximum atomic E-state index is 13.0. The summed E-state index contributed by atoms with van der Waals surface area (Å²) >= 11 is 0. The third-order valence-electron chi connectivity index (χ3n) is 16.1. The first-order chi connectivity index (χ1) is 37.0. The van der Waals surface area contributed by atoms with Crippen molar-refractivity contribution in [2.24, 2.45) is 0 Å². The van der Waals surface area contributed by atoms with E-state index in [1.165, 1.54) is 22.3 Å². The second-order valence-corrected chi connectivity index (χ2v) is 29.1. The molecule has 0 atom stereocenters. The van der Waals surface area contributed by atoms with E-state index in [-0.39, 0.29) is 32.5 Å². The first kappa shape index (κ1) is 61.7. The topological polar surface area (TPSA) is 77.4 Å². The summed E-state index contributed by atoms with van der Waals surface area (Å²) in [6.07, 6.45) is 2.96. The Morgan fingerprint density at radius 1 is 0.250 bits per heavy atom. The maximum absolute atomic E-state index is 13.0. The minimum absolute atomic E-state index is 0.199. The standard InChI is InChI=1S/C74H100O6/c1-23-77-65-49-27-45-33-57(69(5,6)7)34-46(63(45)75)28-51-39-61(73(17,18)19)43-55(67(51)79-25-3)32-56-44-62(74(20,21)22)40-52(68(56)80-26-4)30-48-36-58(70(8,9)10)35-47(64(48)76)29-50-38-60(72(14,15)16)42-54(66(50)78-24-2)31-53(65)41-59(37-49)71(11,12)13/h33-44,75-76H,23-32H2,1-22H3. The molecule has 1 aliphatic carbocycles. The van der Waals surface area contributed by atoms with Crippen LogP contribution in [0, 0.1) is 0 Å². The van der Waals surface area contributed by atoms with Crippen LogP contribution in [0.15, 0.2) is 72.8 Å². The van der Waals surface area contributed by atoms with Crippen LogP contribution in [0.4, 0.5) is 0 Å². The van der Waals surface area contributed by atoms with Crippen molar-refractivity contribution in [2.75, 3.05) is 26.4 Å². The highest BCUT2D eigenvalue weighted by atomic mass is 16.5. The smallest absolute Gasteiger partial charge is 0.126 e.